The highest BCUT2D eigenvalue weighted by Crippen LogP contribution is 2.29. The number of ether oxygens (including phenoxy) is 1. The fourth-order valence-electron chi connectivity index (χ4n) is 3.04. The molecule has 1 atom stereocenters. The Kier molecular flexibility index (Phi) is 9.86. The van der Waals surface area contributed by atoms with Gasteiger partial charge >= 0.3 is 0 Å². The van der Waals surface area contributed by atoms with Crippen LogP contribution < -0.4 is 10.1 Å². The molecule has 0 spiro atoms. The Morgan fingerprint density at radius 2 is 1.75 bits per heavy atom. The van der Waals surface area contributed by atoms with Gasteiger partial charge in [-0.3, -0.25) is 9.59 Å². The molecule has 2 amide bonds. The third kappa shape index (κ3) is 7.39. The molecule has 8 heteroatoms. The van der Waals surface area contributed by atoms with Crippen LogP contribution in [0.4, 0.5) is 0 Å². The van der Waals surface area contributed by atoms with Crippen LogP contribution >= 0.6 is 39.1 Å². The van der Waals surface area contributed by atoms with Crippen molar-refractivity contribution < 1.29 is 14.3 Å². The maximum absolute atomic E-state index is 13.2. The fraction of sp³-hybridized carbons (Fsp3) is 0.417. The average molecular weight is 544 g/mol. The van der Waals surface area contributed by atoms with Gasteiger partial charge in [0.05, 0.1) is 4.47 Å². The number of carbonyl (C=O) groups is 2. The molecule has 5 nitrogen and oxygen atoms in total. The Hall–Kier alpha value is -1.76. The van der Waals surface area contributed by atoms with E-state index in [1.807, 2.05) is 32.0 Å². The molecule has 0 heterocycles. The van der Waals surface area contributed by atoms with Crippen molar-refractivity contribution >= 4 is 50.9 Å². The average Bonchev–Trinajstić information content (AvgIpc) is 2.71. The lowest BCUT2D eigenvalue weighted by Crippen LogP contribution is -2.50. The maximum atomic E-state index is 13.2. The molecule has 1 N–H and O–H groups in total. The molecule has 174 valence electrons. The molecule has 0 bridgehead atoms. The molecule has 0 fully saturated rings. The van der Waals surface area contributed by atoms with E-state index in [-0.39, 0.29) is 31.0 Å². The van der Waals surface area contributed by atoms with Crippen molar-refractivity contribution in [3.63, 3.8) is 0 Å². The van der Waals surface area contributed by atoms with Gasteiger partial charge in [-0.25, -0.2) is 0 Å². The topological polar surface area (TPSA) is 58.6 Å². The van der Waals surface area contributed by atoms with Crippen LogP contribution in [0.2, 0.25) is 10.0 Å². The van der Waals surface area contributed by atoms with E-state index in [1.54, 1.807) is 25.1 Å². The highest BCUT2D eigenvalue weighted by atomic mass is 79.9. The summed E-state index contributed by atoms with van der Waals surface area (Å²) in [6.45, 7) is 9.57. The molecule has 0 aliphatic rings. The standard InChI is InChI=1S/C24H29BrCl2N2O3/c1-14(2)17-7-9-22(20(25)10-17)32-13-23(30)29(16(5)24(31)28-15(3)4)12-18-6-8-19(26)11-21(18)27/h6-11,14-16H,12-13H2,1-5H3,(H,28,31)/t16-/m0/s1. The first-order chi connectivity index (χ1) is 15.0. The molecule has 0 aliphatic heterocycles. The van der Waals surface area contributed by atoms with Crippen LogP contribution in [-0.4, -0.2) is 35.4 Å². The quantitative estimate of drug-likeness (QED) is 0.409. The van der Waals surface area contributed by atoms with E-state index >= 15 is 0 Å². The van der Waals surface area contributed by atoms with Gasteiger partial charge in [0.15, 0.2) is 6.61 Å². The molecule has 0 saturated heterocycles. The Morgan fingerprint density at radius 3 is 2.31 bits per heavy atom. The van der Waals surface area contributed by atoms with Gasteiger partial charge in [0.2, 0.25) is 5.91 Å². The van der Waals surface area contributed by atoms with Crippen molar-refractivity contribution in [2.45, 2.75) is 59.2 Å². The van der Waals surface area contributed by atoms with E-state index < -0.39 is 6.04 Å². The summed E-state index contributed by atoms with van der Waals surface area (Å²) < 4.78 is 6.56. The summed E-state index contributed by atoms with van der Waals surface area (Å²) >= 11 is 15.8. The molecule has 0 unspecified atom stereocenters. The van der Waals surface area contributed by atoms with Crippen LogP contribution in [0.3, 0.4) is 0 Å². The van der Waals surface area contributed by atoms with Crippen molar-refractivity contribution in [1.82, 2.24) is 10.2 Å². The Balaban J connectivity index is 2.21. The highest BCUT2D eigenvalue weighted by molar-refractivity contribution is 9.10. The molecule has 2 aromatic carbocycles. The molecule has 0 saturated carbocycles. The SMILES string of the molecule is CC(C)NC(=O)[C@H](C)N(Cc1ccc(Cl)cc1Cl)C(=O)COc1ccc(C(C)C)cc1Br. The van der Waals surface area contributed by atoms with Crippen LogP contribution in [0.5, 0.6) is 5.75 Å². The summed E-state index contributed by atoms with van der Waals surface area (Å²) in [4.78, 5) is 27.3. The van der Waals surface area contributed by atoms with Crippen molar-refractivity contribution in [1.29, 1.82) is 0 Å². The van der Waals surface area contributed by atoms with Gasteiger partial charge in [0.25, 0.3) is 5.91 Å². The minimum Gasteiger partial charge on any atom is -0.483 e. The predicted octanol–water partition coefficient (Wildman–Crippen LogP) is 6.20. The number of benzene rings is 2. The number of nitrogens with one attached hydrogen (secondary N) is 1. The summed E-state index contributed by atoms with van der Waals surface area (Å²) in [5, 5.41) is 3.78. The Bertz CT molecular complexity index is 966. The first-order valence-electron chi connectivity index (χ1n) is 10.5. The summed E-state index contributed by atoms with van der Waals surface area (Å²) in [6, 6.07) is 10.1. The number of rotatable bonds is 9. The maximum Gasteiger partial charge on any atom is 0.261 e. The largest absolute Gasteiger partial charge is 0.483 e. The van der Waals surface area contributed by atoms with E-state index in [2.05, 4.69) is 35.1 Å². The first kappa shape index (κ1) is 26.5. The van der Waals surface area contributed by atoms with Gasteiger partial charge in [0, 0.05) is 22.6 Å². The molecule has 0 radical (unpaired) electrons. The van der Waals surface area contributed by atoms with Crippen molar-refractivity contribution in [3.8, 4) is 5.75 Å². The Morgan fingerprint density at radius 1 is 1.06 bits per heavy atom. The van der Waals surface area contributed by atoms with Crippen molar-refractivity contribution in [2.24, 2.45) is 0 Å². The van der Waals surface area contributed by atoms with Crippen molar-refractivity contribution in [2.75, 3.05) is 6.61 Å². The lowest BCUT2D eigenvalue weighted by atomic mass is 10.0. The lowest BCUT2D eigenvalue weighted by Gasteiger charge is -2.29. The van der Waals surface area contributed by atoms with Crippen LogP contribution in [0.15, 0.2) is 40.9 Å². The number of amides is 2. The van der Waals surface area contributed by atoms with Gasteiger partial charge < -0.3 is 15.0 Å². The number of halogens is 3. The second-order valence-corrected chi connectivity index (χ2v) is 9.93. The lowest BCUT2D eigenvalue weighted by molar-refractivity contribution is -0.142. The number of nitrogens with zero attached hydrogens (tertiary/aromatic N) is 1. The minimum absolute atomic E-state index is 0.0484. The molecule has 2 aromatic rings. The summed E-state index contributed by atoms with van der Waals surface area (Å²) in [7, 11) is 0. The third-order valence-electron chi connectivity index (χ3n) is 4.93. The zero-order valence-electron chi connectivity index (χ0n) is 18.9. The smallest absolute Gasteiger partial charge is 0.261 e. The van der Waals surface area contributed by atoms with Gasteiger partial charge in [0.1, 0.15) is 11.8 Å². The van der Waals surface area contributed by atoms with Crippen LogP contribution in [0.25, 0.3) is 0 Å². The first-order valence-corrected chi connectivity index (χ1v) is 12.0. The molecule has 2 rings (SSSR count). The third-order valence-corrected chi connectivity index (χ3v) is 6.13. The normalized spacial score (nSPS) is 12.1. The zero-order valence-corrected chi connectivity index (χ0v) is 22.0. The predicted molar refractivity (Wildman–Crippen MR) is 133 cm³/mol. The summed E-state index contributed by atoms with van der Waals surface area (Å²) in [5.74, 6) is 0.358. The van der Waals surface area contributed by atoms with E-state index in [4.69, 9.17) is 27.9 Å². The number of hydrogen-bond acceptors (Lipinski definition) is 3. The number of hydrogen-bond donors (Lipinski definition) is 1. The van der Waals surface area contributed by atoms with Gasteiger partial charge in [-0.15, -0.1) is 0 Å². The monoisotopic (exact) mass is 542 g/mol. The van der Waals surface area contributed by atoms with Crippen LogP contribution in [0, 0.1) is 0 Å². The fourth-order valence-corrected chi connectivity index (χ4v) is 4.02. The van der Waals surface area contributed by atoms with Gasteiger partial charge in [-0.2, -0.15) is 0 Å². The van der Waals surface area contributed by atoms with Crippen molar-refractivity contribution in [3.05, 3.63) is 62.0 Å². The van der Waals surface area contributed by atoms with E-state index in [1.165, 1.54) is 4.90 Å². The summed E-state index contributed by atoms with van der Waals surface area (Å²) in [6.07, 6.45) is 0. The Labute approximate surface area is 208 Å². The summed E-state index contributed by atoms with van der Waals surface area (Å²) in [5.41, 5.74) is 1.85. The molecule has 0 aliphatic carbocycles. The minimum atomic E-state index is -0.716. The van der Waals surface area contributed by atoms with Crippen LogP contribution in [-0.2, 0) is 16.1 Å². The number of carbonyl (C=O) groups excluding carboxylic acids is 2. The van der Waals surface area contributed by atoms with E-state index in [9.17, 15) is 9.59 Å². The van der Waals surface area contributed by atoms with Crippen LogP contribution in [0.1, 0.15) is 51.7 Å². The van der Waals surface area contributed by atoms with Gasteiger partial charge in [-0.05, 0) is 78.0 Å². The van der Waals surface area contributed by atoms with E-state index in [0.717, 1.165) is 10.0 Å². The second kappa shape index (κ2) is 11.9. The molecule has 32 heavy (non-hydrogen) atoms. The highest BCUT2D eigenvalue weighted by Gasteiger charge is 2.27. The molecule has 0 aromatic heterocycles. The zero-order chi connectivity index (χ0) is 24.0. The van der Waals surface area contributed by atoms with Gasteiger partial charge in [-0.1, -0.05) is 49.2 Å². The van der Waals surface area contributed by atoms with E-state index in [0.29, 0.717) is 27.3 Å². The molecular formula is C24H29BrCl2N2O3. The second-order valence-electron chi connectivity index (χ2n) is 8.23. The molecular weight excluding hydrogens is 515 g/mol.